The summed E-state index contributed by atoms with van der Waals surface area (Å²) in [5, 5.41) is 17.6. The number of hydrogen-bond acceptors (Lipinski definition) is 3. The maximum absolute atomic E-state index is 14.0. The molecule has 2 N–H and O–H groups in total. The summed E-state index contributed by atoms with van der Waals surface area (Å²) < 4.78 is 15.4. The summed E-state index contributed by atoms with van der Waals surface area (Å²) in [6.45, 7) is 1.96. The van der Waals surface area contributed by atoms with Crippen LogP contribution in [0.15, 0.2) is 30.5 Å². The monoisotopic (exact) mass is 345 g/mol. The Labute approximate surface area is 146 Å². The fraction of sp³-hybridized carbons (Fsp3) is 0.474. The predicted octanol–water partition coefficient (Wildman–Crippen LogP) is 3.13. The molecule has 134 valence electrons. The number of aliphatic hydroxyl groups is 1. The lowest BCUT2D eigenvalue weighted by Gasteiger charge is -2.26. The average Bonchev–Trinajstić information content (AvgIpc) is 2.84. The molecule has 0 aliphatic heterocycles. The largest absolute Gasteiger partial charge is 0.388 e. The zero-order chi connectivity index (χ0) is 17.9. The van der Waals surface area contributed by atoms with Crippen molar-refractivity contribution in [3.05, 3.63) is 47.5 Å². The molecule has 0 radical (unpaired) electrons. The third-order valence-electron chi connectivity index (χ3n) is 4.95. The molecular formula is C19H24FN3O2. The summed E-state index contributed by atoms with van der Waals surface area (Å²) in [5.74, 6) is -0.689. The number of nitrogens with one attached hydrogen (secondary N) is 1. The molecule has 2 aromatic rings. The van der Waals surface area contributed by atoms with Crippen LogP contribution in [0.4, 0.5) is 4.39 Å². The van der Waals surface area contributed by atoms with Crippen LogP contribution in [0.1, 0.15) is 54.6 Å². The molecule has 0 saturated heterocycles. The zero-order valence-electron chi connectivity index (χ0n) is 14.5. The summed E-state index contributed by atoms with van der Waals surface area (Å²) in [7, 11) is 0. The van der Waals surface area contributed by atoms with Gasteiger partial charge in [-0.05, 0) is 31.9 Å². The predicted molar refractivity (Wildman–Crippen MR) is 93.2 cm³/mol. The lowest BCUT2D eigenvalue weighted by atomic mass is 9.94. The number of carbonyl (C=O) groups is 1. The molecule has 5 nitrogen and oxygen atoms in total. The highest BCUT2D eigenvalue weighted by Gasteiger charge is 2.29. The van der Waals surface area contributed by atoms with E-state index in [0.717, 1.165) is 25.7 Å². The summed E-state index contributed by atoms with van der Waals surface area (Å²) in [5.41, 5.74) is 0.430. The Morgan fingerprint density at radius 2 is 1.96 bits per heavy atom. The lowest BCUT2D eigenvalue weighted by Crippen LogP contribution is -2.42. The van der Waals surface area contributed by atoms with Gasteiger partial charge in [-0.2, -0.15) is 5.10 Å². The molecule has 1 amide bonds. The van der Waals surface area contributed by atoms with Crippen molar-refractivity contribution in [2.45, 2.75) is 51.0 Å². The minimum absolute atomic E-state index is 0.232. The normalized spacial score (nSPS) is 17.1. The van der Waals surface area contributed by atoms with Crippen LogP contribution in [0.5, 0.6) is 0 Å². The third kappa shape index (κ3) is 3.90. The second kappa shape index (κ2) is 7.35. The first-order valence-corrected chi connectivity index (χ1v) is 8.80. The number of aromatic nitrogens is 2. The van der Waals surface area contributed by atoms with E-state index >= 15 is 0 Å². The average molecular weight is 345 g/mol. The fourth-order valence-corrected chi connectivity index (χ4v) is 3.40. The van der Waals surface area contributed by atoms with Crippen LogP contribution < -0.4 is 5.32 Å². The molecule has 0 atom stereocenters. The number of carbonyl (C=O) groups excluding carboxylic acids is 1. The number of amides is 1. The summed E-state index contributed by atoms with van der Waals surface area (Å²) in [4.78, 5) is 12.5. The molecule has 1 fully saturated rings. The Kier molecular flexibility index (Phi) is 5.18. The standard InChI is InChI=1S/C19H24FN3O2/c1-14-15(12-22-23(14)17-9-5-4-8-16(17)20)18(24)21-13-19(25)10-6-2-3-7-11-19/h4-5,8-9,12,25H,2-3,6-7,10-11,13H2,1H3,(H,21,24). The van der Waals surface area contributed by atoms with Crippen molar-refractivity contribution in [3.63, 3.8) is 0 Å². The van der Waals surface area contributed by atoms with E-state index in [4.69, 9.17) is 0 Å². The maximum Gasteiger partial charge on any atom is 0.254 e. The van der Waals surface area contributed by atoms with Crippen molar-refractivity contribution in [2.24, 2.45) is 0 Å². The first-order chi connectivity index (χ1) is 12.0. The van der Waals surface area contributed by atoms with E-state index < -0.39 is 11.4 Å². The molecule has 6 heteroatoms. The van der Waals surface area contributed by atoms with Gasteiger partial charge in [-0.1, -0.05) is 37.8 Å². The van der Waals surface area contributed by atoms with E-state index in [9.17, 15) is 14.3 Å². The Morgan fingerprint density at radius 3 is 2.64 bits per heavy atom. The maximum atomic E-state index is 14.0. The second-order valence-electron chi connectivity index (χ2n) is 6.83. The van der Waals surface area contributed by atoms with Gasteiger partial charge in [-0.15, -0.1) is 0 Å². The molecular weight excluding hydrogens is 321 g/mol. The van der Waals surface area contributed by atoms with Crippen molar-refractivity contribution >= 4 is 5.91 Å². The Balaban J connectivity index is 1.72. The van der Waals surface area contributed by atoms with Crippen molar-refractivity contribution < 1.29 is 14.3 Å². The van der Waals surface area contributed by atoms with Gasteiger partial charge in [0.25, 0.3) is 5.91 Å². The van der Waals surface area contributed by atoms with Crippen LogP contribution in [-0.4, -0.2) is 32.9 Å². The van der Waals surface area contributed by atoms with E-state index in [-0.39, 0.29) is 12.5 Å². The topological polar surface area (TPSA) is 67.2 Å². The molecule has 1 aliphatic rings. The van der Waals surface area contributed by atoms with E-state index in [1.54, 1.807) is 25.1 Å². The zero-order valence-corrected chi connectivity index (χ0v) is 14.5. The molecule has 0 unspecified atom stereocenters. The van der Waals surface area contributed by atoms with Crippen LogP contribution in [0.3, 0.4) is 0 Å². The summed E-state index contributed by atoms with van der Waals surface area (Å²) in [6.07, 6.45) is 7.08. The van der Waals surface area contributed by atoms with Crippen LogP contribution in [0, 0.1) is 12.7 Å². The van der Waals surface area contributed by atoms with E-state index in [1.807, 2.05) is 0 Å². The molecule has 1 aliphatic carbocycles. The number of halogens is 1. The van der Waals surface area contributed by atoms with Gasteiger partial charge >= 0.3 is 0 Å². The molecule has 1 heterocycles. The van der Waals surface area contributed by atoms with Gasteiger partial charge in [-0.3, -0.25) is 4.79 Å². The van der Waals surface area contributed by atoms with Gasteiger partial charge in [0.15, 0.2) is 0 Å². The smallest absolute Gasteiger partial charge is 0.254 e. The molecule has 3 rings (SSSR count). The first-order valence-electron chi connectivity index (χ1n) is 8.80. The van der Waals surface area contributed by atoms with Gasteiger partial charge < -0.3 is 10.4 Å². The van der Waals surface area contributed by atoms with Crippen LogP contribution in [0.2, 0.25) is 0 Å². The van der Waals surface area contributed by atoms with Crippen molar-refractivity contribution in [1.29, 1.82) is 0 Å². The van der Waals surface area contributed by atoms with E-state index in [0.29, 0.717) is 29.8 Å². The Hall–Kier alpha value is -2.21. The first kappa shape index (κ1) is 17.6. The molecule has 25 heavy (non-hydrogen) atoms. The Bertz CT molecular complexity index is 749. The highest BCUT2D eigenvalue weighted by molar-refractivity contribution is 5.95. The Morgan fingerprint density at radius 1 is 1.28 bits per heavy atom. The highest BCUT2D eigenvalue weighted by atomic mass is 19.1. The molecule has 0 spiro atoms. The van der Waals surface area contributed by atoms with E-state index in [1.165, 1.54) is 16.9 Å². The second-order valence-corrected chi connectivity index (χ2v) is 6.83. The highest BCUT2D eigenvalue weighted by Crippen LogP contribution is 2.26. The third-order valence-corrected chi connectivity index (χ3v) is 4.95. The minimum Gasteiger partial charge on any atom is -0.388 e. The number of rotatable bonds is 4. The van der Waals surface area contributed by atoms with Gasteiger partial charge in [0.05, 0.1) is 23.1 Å². The summed E-state index contributed by atoms with van der Waals surface area (Å²) >= 11 is 0. The van der Waals surface area contributed by atoms with Gasteiger partial charge in [-0.25, -0.2) is 9.07 Å². The van der Waals surface area contributed by atoms with E-state index in [2.05, 4.69) is 10.4 Å². The minimum atomic E-state index is -0.832. The van der Waals surface area contributed by atoms with Crippen LogP contribution >= 0.6 is 0 Å². The number of para-hydroxylation sites is 1. The molecule has 1 aromatic heterocycles. The van der Waals surface area contributed by atoms with Crippen molar-refractivity contribution in [1.82, 2.24) is 15.1 Å². The molecule has 1 saturated carbocycles. The van der Waals surface area contributed by atoms with Gasteiger partial charge in [0, 0.05) is 6.54 Å². The number of hydrogen-bond donors (Lipinski definition) is 2. The lowest BCUT2D eigenvalue weighted by molar-refractivity contribution is 0.0246. The SMILES string of the molecule is Cc1c(C(=O)NCC2(O)CCCCCC2)cnn1-c1ccccc1F. The number of nitrogens with zero attached hydrogens (tertiary/aromatic N) is 2. The molecule has 0 bridgehead atoms. The van der Waals surface area contributed by atoms with Gasteiger partial charge in [0.2, 0.25) is 0 Å². The quantitative estimate of drug-likeness (QED) is 0.837. The summed E-state index contributed by atoms with van der Waals surface area (Å²) in [6, 6.07) is 6.31. The van der Waals surface area contributed by atoms with Crippen molar-refractivity contribution in [3.8, 4) is 5.69 Å². The van der Waals surface area contributed by atoms with Crippen molar-refractivity contribution in [2.75, 3.05) is 6.54 Å². The van der Waals surface area contributed by atoms with Gasteiger partial charge in [0.1, 0.15) is 11.5 Å². The number of benzene rings is 1. The van der Waals surface area contributed by atoms with Crippen LogP contribution in [-0.2, 0) is 0 Å². The molecule has 1 aromatic carbocycles. The van der Waals surface area contributed by atoms with Crippen LogP contribution in [0.25, 0.3) is 5.69 Å². The fourth-order valence-electron chi connectivity index (χ4n) is 3.40.